The van der Waals surface area contributed by atoms with Crippen LogP contribution in [0, 0.1) is 0 Å². The van der Waals surface area contributed by atoms with Crippen LogP contribution >= 0.6 is 0 Å². The second-order valence-corrected chi connectivity index (χ2v) is 3.20. The van der Waals surface area contributed by atoms with Gasteiger partial charge < -0.3 is 23.7 Å². The molecule has 1 fully saturated rings. The van der Waals surface area contributed by atoms with Crippen molar-refractivity contribution < 1.29 is 23.7 Å². The lowest BCUT2D eigenvalue weighted by Gasteiger charge is -2.20. The fraction of sp³-hybridized carbons (Fsp3) is 0.800. The van der Waals surface area contributed by atoms with Crippen LogP contribution in [0.15, 0.2) is 12.8 Å². The minimum Gasteiger partial charge on any atom is -0.470 e. The van der Waals surface area contributed by atoms with Gasteiger partial charge in [-0.2, -0.15) is 0 Å². The third kappa shape index (κ3) is 2.69. The predicted molar refractivity (Wildman–Crippen MR) is 53.4 cm³/mol. The third-order valence-electron chi connectivity index (χ3n) is 2.37. The van der Waals surface area contributed by atoms with Crippen LogP contribution < -0.4 is 0 Å². The number of rotatable bonds is 6. The summed E-state index contributed by atoms with van der Waals surface area (Å²) in [7, 11) is 4.81. The summed E-state index contributed by atoms with van der Waals surface area (Å²) in [6.07, 6.45) is 0.194. The lowest BCUT2D eigenvalue weighted by atomic mass is 10.1. The Morgan fingerprint density at radius 2 is 1.87 bits per heavy atom. The van der Waals surface area contributed by atoms with E-state index >= 15 is 0 Å². The average molecular weight is 218 g/mol. The van der Waals surface area contributed by atoms with Gasteiger partial charge in [-0.05, 0) is 0 Å². The zero-order valence-corrected chi connectivity index (χ0v) is 9.34. The van der Waals surface area contributed by atoms with Crippen LogP contribution in [0.2, 0.25) is 0 Å². The summed E-state index contributed by atoms with van der Waals surface area (Å²) < 4.78 is 26.4. The van der Waals surface area contributed by atoms with E-state index in [4.69, 9.17) is 23.7 Å². The molecule has 0 saturated carbocycles. The first-order chi connectivity index (χ1) is 7.28. The van der Waals surface area contributed by atoms with Gasteiger partial charge in [-0.25, -0.2) is 0 Å². The molecular formula is C10H18O5. The molecule has 1 aliphatic rings. The summed E-state index contributed by atoms with van der Waals surface area (Å²) in [4.78, 5) is 0. The van der Waals surface area contributed by atoms with Crippen LogP contribution in [0.5, 0.6) is 0 Å². The van der Waals surface area contributed by atoms with Gasteiger partial charge in [0.2, 0.25) is 6.29 Å². The van der Waals surface area contributed by atoms with Gasteiger partial charge in [-0.15, -0.1) is 0 Å². The van der Waals surface area contributed by atoms with Crippen molar-refractivity contribution in [3.63, 3.8) is 0 Å². The number of hydrogen-bond donors (Lipinski definition) is 0. The van der Waals surface area contributed by atoms with Crippen LogP contribution in [0.3, 0.4) is 0 Å². The molecule has 1 unspecified atom stereocenters. The fourth-order valence-corrected chi connectivity index (χ4v) is 1.73. The minimum atomic E-state index is -0.488. The molecule has 0 bridgehead atoms. The fourth-order valence-electron chi connectivity index (χ4n) is 1.73. The Balaban J connectivity index is 2.66. The normalized spacial score (nSPS) is 35.4. The van der Waals surface area contributed by atoms with Crippen LogP contribution in [0.1, 0.15) is 0 Å². The topological polar surface area (TPSA) is 46.2 Å². The second-order valence-electron chi connectivity index (χ2n) is 3.20. The summed E-state index contributed by atoms with van der Waals surface area (Å²) in [6, 6.07) is 0. The van der Waals surface area contributed by atoms with Crippen LogP contribution in [-0.2, 0) is 23.7 Å². The molecule has 4 atom stereocenters. The van der Waals surface area contributed by atoms with Crippen molar-refractivity contribution in [1.29, 1.82) is 0 Å². The van der Waals surface area contributed by atoms with Gasteiger partial charge in [0.1, 0.15) is 18.3 Å². The van der Waals surface area contributed by atoms with Crippen molar-refractivity contribution >= 4 is 0 Å². The molecule has 0 amide bonds. The molecule has 1 rings (SSSR count). The highest BCUT2D eigenvalue weighted by atomic mass is 16.7. The number of hydrogen-bond acceptors (Lipinski definition) is 5. The van der Waals surface area contributed by atoms with Gasteiger partial charge in [0.15, 0.2) is 0 Å². The Hall–Kier alpha value is -0.620. The van der Waals surface area contributed by atoms with E-state index in [1.807, 2.05) is 0 Å². The third-order valence-corrected chi connectivity index (χ3v) is 2.37. The quantitative estimate of drug-likeness (QED) is 0.609. The van der Waals surface area contributed by atoms with E-state index in [-0.39, 0.29) is 18.3 Å². The van der Waals surface area contributed by atoms with Crippen molar-refractivity contribution in [1.82, 2.24) is 0 Å². The molecule has 0 aromatic rings. The molecule has 5 heteroatoms. The molecule has 0 spiro atoms. The van der Waals surface area contributed by atoms with Crippen LogP contribution in [-0.4, -0.2) is 52.5 Å². The Bertz CT molecular complexity index is 196. The van der Waals surface area contributed by atoms with E-state index in [1.54, 1.807) is 21.3 Å². The first-order valence-corrected chi connectivity index (χ1v) is 4.74. The summed E-state index contributed by atoms with van der Waals surface area (Å²) in [5.74, 6) is 0. The first kappa shape index (κ1) is 12.4. The highest BCUT2D eigenvalue weighted by Crippen LogP contribution is 2.26. The highest BCUT2D eigenvalue weighted by Gasteiger charge is 2.46. The van der Waals surface area contributed by atoms with E-state index in [2.05, 4.69) is 6.58 Å². The maximum atomic E-state index is 5.58. The average Bonchev–Trinajstić information content (AvgIpc) is 2.56. The molecule has 0 N–H and O–H groups in total. The van der Waals surface area contributed by atoms with Gasteiger partial charge in [-0.1, -0.05) is 6.58 Å². The van der Waals surface area contributed by atoms with E-state index in [0.29, 0.717) is 6.61 Å². The van der Waals surface area contributed by atoms with E-state index < -0.39 is 6.29 Å². The largest absolute Gasteiger partial charge is 0.470 e. The van der Waals surface area contributed by atoms with E-state index in [9.17, 15) is 0 Å². The zero-order chi connectivity index (χ0) is 11.3. The Morgan fingerprint density at radius 1 is 1.20 bits per heavy atom. The Kier molecular flexibility index (Phi) is 5.04. The molecule has 0 aromatic carbocycles. The Labute approximate surface area is 89.9 Å². The van der Waals surface area contributed by atoms with Crippen molar-refractivity contribution in [2.45, 2.75) is 24.6 Å². The molecule has 1 aliphatic heterocycles. The first-order valence-electron chi connectivity index (χ1n) is 4.74. The molecule has 0 radical (unpaired) electrons. The molecule has 5 nitrogen and oxygen atoms in total. The highest BCUT2D eigenvalue weighted by molar-refractivity contribution is 4.89. The van der Waals surface area contributed by atoms with Crippen molar-refractivity contribution in [3.05, 3.63) is 12.8 Å². The molecule has 0 aliphatic carbocycles. The maximum Gasteiger partial charge on any atom is 0.228 e. The molecule has 0 aromatic heterocycles. The number of ether oxygens (including phenoxy) is 5. The predicted octanol–water partition coefficient (Wildman–Crippen LogP) is 0.548. The number of methoxy groups -OCH3 is 3. The van der Waals surface area contributed by atoms with Gasteiger partial charge in [0.25, 0.3) is 0 Å². The van der Waals surface area contributed by atoms with Gasteiger partial charge in [-0.3, -0.25) is 0 Å². The summed E-state index contributed by atoms with van der Waals surface area (Å²) >= 11 is 0. The van der Waals surface area contributed by atoms with Gasteiger partial charge >= 0.3 is 0 Å². The summed E-state index contributed by atoms with van der Waals surface area (Å²) in [5, 5.41) is 0. The minimum absolute atomic E-state index is 0.185. The zero-order valence-electron chi connectivity index (χ0n) is 9.34. The molecule has 1 heterocycles. The van der Waals surface area contributed by atoms with Crippen LogP contribution in [0.4, 0.5) is 0 Å². The molecule has 15 heavy (non-hydrogen) atoms. The van der Waals surface area contributed by atoms with Crippen molar-refractivity contribution in [2.24, 2.45) is 0 Å². The van der Waals surface area contributed by atoms with E-state index in [0.717, 1.165) is 0 Å². The van der Waals surface area contributed by atoms with Gasteiger partial charge in [0.05, 0.1) is 12.9 Å². The van der Waals surface area contributed by atoms with Crippen molar-refractivity contribution in [2.75, 3.05) is 27.9 Å². The standard InChI is InChI=1S/C10H18O5/c1-5-14-10-9(13-4)8(12-3)7(15-10)6-11-2/h5,7-10H,1,6H2,2-4H3/t7-,8-,9-,10?/m1/s1. The maximum absolute atomic E-state index is 5.58. The second kappa shape index (κ2) is 6.07. The summed E-state index contributed by atoms with van der Waals surface area (Å²) in [5.41, 5.74) is 0. The van der Waals surface area contributed by atoms with E-state index in [1.165, 1.54) is 6.26 Å². The summed E-state index contributed by atoms with van der Waals surface area (Å²) in [6.45, 7) is 3.92. The van der Waals surface area contributed by atoms with Crippen LogP contribution in [0.25, 0.3) is 0 Å². The molecule has 88 valence electrons. The smallest absolute Gasteiger partial charge is 0.228 e. The molecular weight excluding hydrogens is 200 g/mol. The lowest BCUT2D eigenvalue weighted by Crippen LogP contribution is -2.37. The van der Waals surface area contributed by atoms with Crippen molar-refractivity contribution in [3.8, 4) is 0 Å². The SMILES string of the molecule is C=COC1O[C@H](COC)[C@@H](OC)[C@H]1OC. The Morgan fingerprint density at radius 3 is 2.33 bits per heavy atom. The van der Waals surface area contributed by atoms with Gasteiger partial charge in [0, 0.05) is 21.3 Å². The monoisotopic (exact) mass is 218 g/mol. The lowest BCUT2D eigenvalue weighted by molar-refractivity contribution is -0.146. The molecule has 1 saturated heterocycles.